The van der Waals surface area contributed by atoms with Gasteiger partial charge in [0.25, 0.3) is 5.89 Å². The van der Waals surface area contributed by atoms with E-state index in [-0.39, 0.29) is 23.5 Å². The summed E-state index contributed by atoms with van der Waals surface area (Å²) in [6, 6.07) is 10.7. The lowest BCUT2D eigenvalue weighted by molar-refractivity contribution is 0.158. The molecule has 1 aromatic heterocycles. The van der Waals surface area contributed by atoms with Gasteiger partial charge >= 0.3 is 6.03 Å². The Morgan fingerprint density at radius 2 is 1.97 bits per heavy atom. The van der Waals surface area contributed by atoms with Crippen molar-refractivity contribution >= 4 is 23.2 Å². The number of ether oxygens (including phenoxy) is 2. The third kappa shape index (κ3) is 4.55. The Morgan fingerprint density at radius 1 is 1.21 bits per heavy atom. The van der Waals surface area contributed by atoms with Crippen LogP contribution in [-0.2, 0) is 4.74 Å². The molecule has 172 valence electrons. The van der Waals surface area contributed by atoms with Gasteiger partial charge in [-0.25, -0.2) is 9.18 Å². The minimum absolute atomic E-state index is 0.118. The smallest absolute Gasteiger partial charge is 0.322 e. The number of halogens is 2. The maximum absolute atomic E-state index is 14.2. The van der Waals surface area contributed by atoms with E-state index in [2.05, 4.69) is 15.5 Å². The minimum atomic E-state index is -0.547. The molecule has 1 unspecified atom stereocenters. The summed E-state index contributed by atoms with van der Waals surface area (Å²) in [7, 11) is 2.96. The van der Waals surface area contributed by atoms with E-state index >= 15 is 0 Å². The van der Waals surface area contributed by atoms with Gasteiger partial charge < -0.3 is 19.3 Å². The number of methoxy groups -OCH3 is 2. The van der Waals surface area contributed by atoms with Gasteiger partial charge in [0.2, 0.25) is 5.82 Å². The van der Waals surface area contributed by atoms with Crippen molar-refractivity contribution < 1.29 is 23.2 Å². The van der Waals surface area contributed by atoms with Crippen molar-refractivity contribution in [1.29, 1.82) is 0 Å². The topological polar surface area (TPSA) is 89.7 Å². The Hall–Kier alpha value is -3.43. The molecular weight excluding hydrogens is 451 g/mol. The molecule has 2 heterocycles. The number of allylic oxidation sites excluding steroid dienone is 1. The molecule has 1 atom stereocenters. The van der Waals surface area contributed by atoms with Crippen molar-refractivity contribution in [2.75, 3.05) is 27.4 Å². The number of nitrogens with one attached hydrogen (secondary N) is 1. The SMILES string of the molecule is COCCN1C(=O)NC(c2ccc(Cl)cc2)C(c2nc(-c3ccc(OC)c(F)c3)no2)=C1C. The molecule has 0 bridgehead atoms. The summed E-state index contributed by atoms with van der Waals surface area (Å²) >= 11 is 6.05. The number of urea groups is 1. The lowest BCUT2D eigenvalue weighted by atomic mass is 9.94. The highest BCUT2D eigenvalue weighted by atomic mass is 35.5. The summed E-state index contributed by atoms with van der Waals surface area (Å²) in [5.41, 5.74) is 2.50. The molecule has 33 heavy (non-hydrogen) atoms. The van der Waals surface area contributed by atoms with Crippen molar-refractivity contribution in [3.8, 4) is 17.1 Å². The lowest BCUT2D eigenvalue weighted by Crippen LogP contribution is -2.47. The minimum Gasteiger partial charge on any atom is -0.494 e. The highest BCUT2D eigenvalue weighted by molar-refractivity contribution is 6.30. The Labute approximate surface area is 194 Å². The molecule has 2 aromatic carbocycles. The highest BCUT2D eigenvalue weighted by Crippen LogP contribution is 2.37. The summed E-state index contributed by atoms with van der Waals surface area (Å²) in [6.07, 6.45) is 0. The van der Waals surface area contributed by atoms with Crippen LogP contribution in [0.2, 0.25) is 5.02 Å². The predicted octanol–water partition coefficient (Wildman–Crippen LogP) is 4.68. The first-order valence-electron chi connectivity index (χ1n) is 10.1. The van der Waals surface area contributed by atoms with Crippen LogP contribution in [0.15, 0.2) is 52.7 Å². The zero-order valence-electron chi connectivity index (χ0n) is 18.3. The van der Waals surface area contributed by atoms with Crippen LogP contribution < -0.4 is 10.1 Å². The fourth-order valence-electron chi connectivity index (χ4n) is 3.67. The van der Waals surface area contributed by atoms with E-state index in [1.165, 1.54) is 19.2 Å². The molecule has 2 amide bonds. The lowest BCUT2D eigenvalue weighted by Gasteiger charge is -2.35. The summed E-state index contributed by atoms with van der Waals surface area (Å²) in [6.45, 7) is 2.50. The van der Waals surface area contributed by atoms with Gasteiger partial charge in [-0.2, -0.15) is 4.98 Å². The third-order valence-corrected chi connectivity index (χ3v) is 5.64. The quantitative estimate of drug-likeness (QED) is 0.537. The number of aromatic nitrogens is 2. The Morgan fingerprint density at radius 3 is 2.64 bits per heavy atom. The molecule has 3 aromatic rings. The molecule has 10 heteroatoms. The molecule has 0 aliphatic carbocycles. The highest BCUT2D eigenvalue weighted by Gasteiger charge is 2.35. The van der Waals surface area contributed by atoms with Gasteiger partial charge in [0.05, 0.1) is 31.9 Å². The molecule has 0 spiro atoms. The number of carbonyl (C=O) groups excluding carboxylic acids is 1. The second-order valence-corrected chi connectivity index (χ2v) is 7.79. The number of amides is 2. The third-order valence-electron chi connectivity index (χ3n) is 5.39. The first-order valence-corrected chi connectivity index (χ1v) is 10.5. The van der Waals surface area contributed by atoms with E-state index < -0.39 is 11.9 Å². The van der Waals surface area contributed by atoms with E-state index in [9.17, 15) is 9.18 Å². The average molecular weight is 473 g/mol. The largest absolute Gasteiger partial charge is 0.494 e. The first kappa shape index (κ1) is 22.8. The monoisotopic (exact) mass is 472 g/mol. The van der Waals surface area contributed by atoms with Gasteiger partial charge in [-0.05, 0) is 42.8 Å². The van der Waals surface area contributed by atoms with Crippen LogP contribution >= 0.6 is 11.6 Å². The zero-order valence-corrected chi connectivity index (χ0v) is 19.0. The predicted molar refractivity (Wildman–Crippen MR) is 120 cm³/mol. The number of nitrogens with zero attached hydrogens (tertiary/aromatic N) is 3. The van der Waals surface area contributed by atoms with Crippen molar-refractivity contribution in [1.82, 2.24) is 20.4 Å². The number of hydrogen-bond acceptors (Lipinski definition) is 6. The summed E-state index contributed by atoms with van der Waals surface area (Å²) in [5, 5.41) is 7.60. The fraction of sp³-hybridized carbons (Fsp3) is 0.261. The molecule has 1 N–H and O–H groups in total. The van der Waals surface area contributed by atoms with Crippen molar-refractivity contribution in [2.24, 2.45) is 0 Å². The van der Waals surface area contributed by atoms with Crippen LogP contribution in [0.1, 0.15) is 24.4 Å². The number of hydrogen-bond donors (Lipinski definition) is 1. The van der Waals surface area contributed by atoms with Crippen LogP contribution in [0, 0.1) is 5.82 Å². The second kappa shape index (κ2) is 9.60. The van der Waals surface area contributed by atoms with E-state index in [1.54, 1.807) is 30.2 Å². The number of carbonyl (C=O) groups is 1. The van der Waals surface area contributed by atoms with Crippen molar-refractivity contribution in [2.45, 2.75) is 13.0 Å². The maximum Gasteiger partial charge on any atom is 0.322 e. The molecule has 0 radical (unpaired) electrons. The Balaban J connectivity index is 1.78. The molecule has 8 nitrogen and oxygen atoms in total. The first-order chi connectivity index (χ1) is 15.9. The molecular formula is C23H22ClFN4O4. The van der Waals surface area contributed by atoms with Crippen LogP contribution in [0.3, 0.4) is 0 Å². The van der Waals surface area contributed by atoms with Crippen LogP contribution in [0.25, 0.3) is 17.0 Å². The van der Waals surface area contributed by atoms with Crippen molar-refractivity contribution in [3.05, 3.63) is 70.5 Å². The standard InChI is InChI=1S/C23H22ClFN4O4/c1-13-19(22-27-21(28-33-22)15-6-9-18(32-3)17(25)12-15)20(14-4-7-16(24)8-5-14)26-23(30)29(13)10-11-31-2/h4-9,12,20H,10-11H2,1-3H3,(H,26,30). The van der Waals surface area contributed by atoms with Crippen LogP contribution in [0.4, 0.5) is 9.18 Å². The number of benzene rings is 2. The van der Waals surface area contributed by atoms with E-state index in [1.807, 2.05) is 19.1 Å². The Kier molecular flexibility index (Phi) is 6.62. The van der Waals surface area contributed by atoms with Gasteiger partial charge in [-0.15, -0.1) is 0 Å². The molecule has 0 saturated carbocycles. The average Bonchev–Trinajstić information content (AvgIpc) is 3.29. The van der Waals surface area contributed by atoms with Crippen LogP contribution in [0.5, 0.6) is 5.75 Å². The van der Waals surface area contributed by atoms with E-state index in [0.717, 1.165) is 5.56 Å². The number of rotatable bonds is 7. The van der Waals surface area contributed by atoms with E-state index in [4.69, 9.17) is 25.6 Å². The zero-order chi connectivity index (χ0) is 23.5. The van der Waals surface area contributed by atoms with Gasteiger partial charge in [0.15, 0.2) is 11.6 Å². The van der Waals surface area contributed by atoms with E-state index in [0.29, 0.717) is 35.0 Å². The molecule has 0 fully saturated rings. The van der Waals surface area contributed by atoms with Gasteiger partial charge in [0.1, 0.15) is 0 Å². The second-order valence-electron chi connectivity index (χ2n) is 7.35. The molecule has 1 aliphatic rings. The molecule has 4 rings (SSSR count). The summed E-state index contributed by atoms with van der Waals surface area (Å²) < 4.78 is 29.9. The molecule has 1 aliphatic heterocycles. The van der Waals surface area contributed by atoms with Gasteiger partial charge in [-0.1, -0.05) is 28.9 Å². The summed E-state index contributed by atoms with van der Waals surface area (Å²) in [5.74, 6) is 0.00204. The maximum atomic E-state index is 14.2. The normalized spacial score (nSPS) is 16.2. The van der Waals surface area contributed by atoms with Crippen molar-refractivity contribution in [3.63, 3.8) is 0 Å². The fourth-order valence-corrected chi connectivity index (χ4v) is 3.80. The van der Waals surface area contributed by atoms with Gasteiger partial charge in [-0.3, -0.25) is 4.90 Å². The molecule has 0 saturated heterocycles. The summed E-state index contributed by atoms with van der Waals surface area (Å²) in [4.78, 5) is 18.9. The van der Waals surface area contributed by atoms with Crippen LogP contribution in [-0.4, -0.2) is 48.4 Å². The van der Waals surface area contributed by atoms with Gasteiger partial charge in [0, 0.05) is 23.4 Å². The Bertz CT molecular complexity index is 1200.